The van der Waals surface area contributed by atoms with Crippen molar-refractivity contribution in [3.05, 3.63) is 55.9 Å². The second-order valence-corrected chi connectivity index (χ2v) is 5.30. The van der Waals surface area contributed by atoms with Crippen molar-refractivity contribution in [3.63, 3.8) is 0 Å². The molecule has 1 aromatic heterocycles. The second kappa shape index (κ2) is 5.25. The molecule has 1 heterocycles. The Morgan fingerprint density at radius 1 is 1.06 bits per heavy atom. The van der Waals surface area contributed by atoms with Crippen LogP contribution >= 0.6 is 43.5 Å². The van der Waals surface area contributed by atoms with Gasteiger partial charge in [-0.1, -0.05) is 23.7 Å². The third-order valence-electron chi connectivity index (χ3n) is 1.96. The number of hydrogen-bond donors (Lipinski definition) is 0. The zero-order valence-corrected chi connectivity index (χ0v) is 12.1. The number of hydrogen-bond acceptors (Lipinski definition) is 2. The van der Waals surface area contributed by atoms with Crippen molar-refractivity contribution in [2.24, 2.45) is 0 Å². The van der Waals surface area contributed by atoms with Crippen molar-refractivity contribution in [1.82, 2.24) is 9.97 Å². The molecule has 0 radical (unpaired) electrons. The van der Waals surface area contributed by atoms with Crippen molar-refractivity contribution in [1.29, 1.82) is 0 Å². The lowest BCUT2D eigenvalue weighted by atomic mass is 10.1. The van der Waals surface area contributed by atoms with Crippen LogP contribution in [0.25, 0.3) is 0 Å². The molecule has 2 aromatic rings. The zero-order chi connectivity index (χ0) is 11.5. The maximum absolute atomic E-state index is 5.91. The smallest absolute Gasteiger partial charge is 0.135 e. The van der Waals surface area contributed by atoms with Gasteiger partial charge in [0.05, 0.1) is 0 Å². The van der Waals surface area contributed by atoms with Crippen molar-refractivity contribution in [2.45, 2.75) is 6.42 Å². The van der Waals surface area contributed by atoms with Gasteiger partial charge >= 0.3 is 0 Å². The minimum Gasteiger partial charge on any atom is -0.226 e. The number of halogens is 3. The summed E-state index contributed by atoms with van der Waals surface area (Å²) in [6, 6.07) is 9.50. The summed E-state index contributed by atoms with van der Waals surface area (Å²) < 4.78 is 1.54. The number of benzene rings is 1. The van der Waals surface area contributed by atoms with Gasteiger partial charge in [-0.25, -0.2) is 9.97 Å². The fourth-order valence-corrected chi connectivity index (χ4v) is 2.71. The molecule has 0 atom stereocenters. The Morgan fingerprint density at radius 2 is 1.75 bits per heavy atom. The molecule has 0 aliphatic carbocycles. The van der Waals surface area contributed by atoms with Crippen LogP contribution in [-0.4, -0.2) is 9.97 Å². The van der Waals surface area contributed by atoms with Crippen LogP contribution in [0.3, 0.4) is 0 Å². The first kappa shape index (κ1) is 12.0. The average molecular weight is 362 g/mol. The molecule has 0 amide bonds. The van der Waals surface area contributed by atoms with E-state index in [0.717, 1.165) is 25.6 Å². The minimum atomic E-state index is 0.665. The van der Waals surface area contributed by atoms with Crippen LogP contribution in [0.15, 0.2) is 39.5 Å². The van der Waals surface area contributed by atoms with Crippen molar-refractivity contribution < 1.29 is 0 Å². The summed E-state index contributed by atoms with van der Waals surface area (Å²) in [5.74, 6) is 0.753. The third kappa shape index (κ3) is 3.27. The molecule has 1 aromatic carbocycles. The number of rotatable bonds is 2. The first-order chi connectivity index (χ1) is 7.63. The molecule has 0 unspecified atom stereocenters. The van der Waals surface area contributed by atoms with Gasteiger partial charge in [0.2, 0.25) is 0 Å². The maximum Gasteiger partial charge on any atom is 0.135 e. The van der Waals surface area contributed by atoms with Gasteiger partial charge in [-0.3, -0.25) is 0 Å². The van der Waals surface area contributed by atoms with E-state index in [9.17, 15) is 0 Å². The molecule has 2 nitrogen and oxygen atoms in total. The molecule has 0 saturated carbocycles. The average Bonchev–Trinajstić information content (AvgIpc) is 2.15. The third-order valence-corrected chi connectivity index (χ3v) is 3.01. The van der Waals surface area contributed by atoms with Crippen molar-refractivity contribution >= 4 is 43.5 Å². The van der Waals surface area contributed by atoms with Gasteiger partial charge in [0.25, 0.3) is 0 Å². The molecule has 82 valence electrons. The van der Waals surface area contributed by atoms with Gasteiger partial charge in [0.1, 0.15) is 15.0 Å². The summed E-state index contributed by atoms with van der Waals surface area (Å²) in [6.45, 7) is 0. The monoisotopic (exact) mass is 360 g/mol. The molecule has 0 spiro atoms. The van der Waals surface area contributed by atoms with Gasteiger partial charge in [0, 0.05) is 17.5 Å². The van der Waals surface area contributed by atoms with Gasteiger partial charge in [0.15, 0.2) is 0 Å². The predicted octanol–water partition coefficient (Wildman–Crippen LogP) is 4.25. The summed E-state index contributed by atoms with van der Waals surface area (Å²) in [7, 11) is 0. The van der Waals surface area contributed by atoms with Crippen LogP contribution in [0.4, 0.5) is 0 Å². The Bertz CT molecular complexity index is 497. The Kier molecular flexibility index (Phi) is 3.95. The van der Waals surface area contributed by atoms with Crippen LogP contribution in [0.1, 0.15) is 11.4 Å². The van der Waals surface area contributed by atoms with E-state index in [1.165, 1.54) is 0 Å². The van der Waals surface area contributed by atoms with Gasteiger partial charge in [-0.05, 0) is 49.6 Å². The maximum atomic E-state index is 5.91. The minimum absolute atomic E-state index is 0.665. The van der Waals surface area contributed by atoms with Gasteiger partial charge < -0.3 is 0 Å². The fourth-order valence-electron chi connectivity index (χ4n) is 1.34. The summed E-state index contributed by atoms with van der Waals surface area (Å²) in [5, 5.41) is 0.728. The van der Waals surface area contributed by atoms with Gasteiger partial charge in [-0.15, -0.1) is 0 Å². The van der Waals surface area contributed by atoms with E-state index in [2.05, 4.69) is 41.8 Å². The van der Waals surface area contributed by atoms with E-state index in [-0.39, 0.29) is 0 Å². The summed E-state index contributed by atoms with van der Waals surface area (Å²) in [6.07, 6.45) is 0.665. The highest BCUT2D eigenvalue weighted by Crippen LogP contribution is 2.17. The zero-order valence-electron chi connectivity index (χ0n) is 8.12. The highest BCUT2D eigenvalue weighted by molar-refractivity contribution is 9.11. The molecule has 0 bridgehead atoms. The van der Waals surface area contributed by atoms with Gasteiger partial charge in [-0.2, -0.15) is 0 Å². The summed E-state index contributed by atoms with van der Waals surface area (Å²) in [5.41, 5.74) is 1.09. The van der Waals surface area contributed by atoms with Crippen molar-refractivity contribution in [3.8, 4) is 0 Å². The number of nitrogens with zero attached hydrogens (tertiary/aromatic N) is 2. The number of aromatic nitrogens is 2. The standard InChI is InChI=1S/C11H7Br2ClN2/c12-9-6-10(13)16-11(15-9)5-7-2-1-3-8(14)4-7/h1-4,6H,5H2. The largest absolute Gasteiger partial charge is 0.226 e. The van der Waals surface area contributed by atoms with Crippen LogP contribution in [-0.2, 0) is 6.42 Å². The molecule has 0 aliphatic rings. The van der Waals surface area contributed by atoms with Crippen molar-refractivity contribution in [2.75, 3.05) is 0 Å². The van der Waals surface area contributed by atoms with E-state index in [0.29, 0.717) is 6.42 Å². The SMILES string of the molecule is Clc1cccc(Cc2nc(Br)cc(Br)n2)c1. The van der Waals surface area contributed by atoms with Crippen LogP contribution < -0.4 is 0 Å². The summed E-state index contributed by atoms with van der Waals surface area (Å²) >= 11 is 12.6. The first-order valence-electron chi connectivity index (χ1n) is 4.57. The first-order valence-corrected chi connectivity index (χ1v) is 6.53. The van der Waals surface area contributed by atoms with E-state index in [4.69, 9.17) is 11.6 Å². The normalized spacial score (nSPS) is 10.4. The summed E-state index contributed by atoms with van der Waals surface area (Å²) in [4.78, 5) is 8.58. The highest BCUT2D eigenvalue weighted by atomic mass is 79.9. The molecule has 16 heavy (non-hydrogen) atoms. The Hall–Kier alpha value is -0.450. The molecule has 5 heteroatoms. The lowest BCUT2D eigenvalue weighted by molar-refractivity contribution is 0.941. The topological polar surface area (TPSA) is 25.8 Å². The molecular formula is C11H7Br2ClN2. The Morgan fingerprint density at radius 3 is 2.38 bits per heavy atom. The molecule has 0 saturated heterocycles. The van der Waals surface area contributed by atoms with Crippen LogP contribution in [0.5, 0.6) is 0 Å². The lowest BCUT2D eigenvalue weighted by Crippen LogP contribution is -1.97. The fraction of sp³-hybridized carbons (Fsp3) is 0.0909. The van der Waals surface area contributed by atoms with Crippen LogP contribution in [0, 0.1) is 0 Å². The molecule has 0 N–H and O–H groups in total. The molecular weight excluding hydrogens is 355 g/mol. The Labute approximate surface area is 115 Å². The van der Waals surface area contributed by atoms with Crippen LogP contribution in [0.2, 0.25) is 5.02 Å². The molecule has 0 aliphatic heterocycles. The molecule has 0 fully saturated rings. The van der Waals surface area contributed by atoms with E-state index in [1.54, 1.807) is 0 Å². The Balaban J connectivity index is 2.27. The molecule has 2 rings (SSSR count). The second-order valence-electron chi connectivity index (χ2n) is 3.24. The van der Waals surface area contributed by atoms with E-state index in [1.807, 2.05) is 30.3 Å². The highest BCUT2D eigenvalue weighted by Gasteiger charge is 2.03. The quantitative estimate of drug-likeness (QED) is 0.747. The van der Waals surface area contributed by atoms with E-state index >= 15 is 0 Å². The van der Waals surface area contributed by atoms with E-state index < -0.39 is 0 Å². The predicted molar refractivity (Wildman–Crippen MR) is 71.7 cm³/mol. The lowest BCUT2D eigenvalue weighted by Gasteiger charge is -2.02.